The van der Waals surface area contributed by atoms with Gasteiger partial charge in [-0.05, 0) is 19.3 Å². The highest BCUT2D eigenvalue weighted by atomic mass is 16.5. The fourth-order valence-electron chi connectivity index (χ4n) is 4.85. The van der Waals surface area contributed by atoms with E-state index in [4.69, 9.17) is 14.6 Å². The van der Waals surface area contributed by atoms with Crippen molar-refractivity contribution in [3.63, 3.8) is 0 Å². The highest BCUT2D eigenvalue weighted by Crippen LogP contribution is 2.44. The SMILES string of the molecule is O=CCOCCOCCNC(=O)CC1C[C@@]1(C=O)NC(=O)CCCCCCCCCCCCCCCCC(=O)O. The molecule has 1 aliphatic carbocycles. The number of unbranched alkanes of at least 4 members (excludes halogenated alkanes) is 13. The largest absolute Gasteiger partial charge is 0.481 e. The second-order valence-electron chi connectivity index (χ2n) is 10.9. The zero-order chi connectivity index (χ0) is 29.3. The van der Waals surface area contributed by atoms with Crippen LogP contribution in [-0.2, 0) is 33.4 Å². The molecule has 2 amide bonds. The summed E-state index contributed by atoms with van der Waals surface area (Å²) in [5, 5.41) is 14.2. The predicted octanol–water partition coefficient (Wildman–Crippen LogP) is 4.12. The fourth-order valence-corrected chi connectivity index (χ4v) is 4.85. The Labute approximate surface area is 239 Å². The van der Waals surface area contributed by atoms with Gasteiger partial charge in [0.1, 0.15) is 19.2 Å². The molecule has 2 atom stereocenters. The number of carbonyl (C=O) groups is 5. The molecular weight excluding hydrogens is 516 g/mol. The smallest absolute Gasteiger partial charge is 0.303 e. The summed E-state index contributed by atoms with van der Waals surface area (Å²) in [6.45, 7) is 1.38. The molecule has 0 heterocycles. The first-order chi connectivity index (χ1) is 19.4. The maximum atomic E-state index is 12.3. The van der Waals surface area contributed by atoms with Gasteiger partial charge in [0.2, 0.25) is 11.8 Å². The maximum absolute atomic E-state index is 12.3. The number of hydrogen-bond acceptors (Lipinski definition) is 7. The Hall–Kier alpha value is -2.33. The molecule has 10 nitrogen and oxygen atoms in total. The topological polar surface area (TPSA) is 148 Å². The normalized spacial score (nSPS) is 17.8. The minimum Gasteiger partial charge on any atom is -0.481 e. The molecule has 0 bridgehead atoms. The van der Waals surface area contributed by atoms with Gasteiger partial charge in [-0.1, -0.05) is 77.0 Å². The lowest BCUT2D eigenvalue weighted by atomic mass is 10.0. The van der Waals surface area contributed by atoms with E-state index in [1.54, 1.807) is 0 Å². The highest BCUT2D eigenvalue weighted by Gasteiger charge is 2.55. The van der Waals surface area contributed by atoms with Crippen molar-refractivity contribution in [2.75, 3.05) is 33.0 Å². The van der Waals surface area contributed by atoms with Gasteiger partial charge in [0.05, 0.1) is 25.4 Å². The molecule has 0 aromatic rings. The van der Waals surface area contributed by atoms with Crippen LogP contribution < -0.4 is 10.6 Å². The van der Waals surface area contributed by atoms with Gasteiger partial charge in [0.15, 0.2) is 0 Å². The van der Waals surface area contributed by atoms with E-state index in [1.807, 2.05) is 0 Å². The van der Waals surface area contributed by atoms with Crippen molar-refractivity contribution in [2.45, 2.75) is 121 Å². The number of aldehydes is 2. The number of hydrogen-bond donors (Lipinski definition) is 3. The summed E-state index contributed by atoms with van der Waals surface area (Å²) in [5.41, 5.74) is -0.902. The first-order valence-electron chi connectivity index (χ1n) is 15.3. The van der Waals surface area contributed by atoms with E-state index in [2.05, 4.69) is 10.6 Å². The summed E-state index contributed by atoms with van der Waals surface area (Å²) in [6.07, 6.45) is 18.6. The van der Waals surface area contributed by atoms with Gasteiger partial charge in [0.25, 0.3) is 0 Å². The van der Waals surface area contributed by atoms with E-state index < -0.39 is 11.5 Å². The number of carboxylic acid groups (broad SMARTS) is 1. The summed E-state index contributed by atoms with van der Waals surface area (Å²) in [5.74, 6) is -1.16. The summed E-state index contributed by atoms with van der Waals surface area (Å²) in [6, 6.07) is 0. The zero-order valence-electron chi connectivity index (χ0n) is 24.3. The summed E-state index contributed by atoms with van der Waals surface area (Å²) in [7, 11) is 0. The van der Waals surface area contributed by atoms with Crippen LogP contribution in [0.1, 0.15) is 116 Å². The number of carbonyl (C=O) groups excluding carboxylic acids is 4. The van der Waals surface area contributed by atoms with Gasteiger partial charge in [-0.25, -0.2) is 0 Å². The standard InChI is InChI=1S/C30H52N2O8/c33-18-20-40-22-21-39-19-17-31-28(36)23-26-24-30(26,25-34)32-27(35)15-13-11-9-7-5-3-1-2-4-6-8-10-12-14-16-29(37)38/h18,25-26H,1-17,19-24H2,(H,31,36)(H,32,35)(H,37,38)/t26?,30-/m0/s1. The van der Waals surface area contributed by atoms with Gasteiger partial charge in [-0.3, -0.25) is 14.4 Å². The molecule has 10 heteroatoms. The number of ether oxygens (including phenoxy) is 2. The van der Waals surface area contributed by atoms with Crippen LogP contribution in [0.2, 0.25) is 0 Å². The Morgan fingerprint density at radius 2 is 1.25 bits per heavy atom. The molecule has 1 unspecified atom stereocenters. The number of aliphatic carboxylic acids is 1. The van der Waals surface area contributed by atoms with Crippen LogP contribution >= 0.6 is 0 Å². The molecule has 3 N–H and O–H groups in total. The van der Waals surface area contributed by atoms with Crippen LogP contribution in [0, 0.1) is 5.92 Å². The predicted molar refractivity (Wildman–Crippen MR) is 152 cm³/mol. The van der Waals surface area contributed by atoms with Gasteiger partial charge >= 0.3 is 5.97 Å². The van der Waals surface area contributed by atoms with Crippen LogP contribution in [0.4, 0.5) is 0 Å². The Bertz CT molecular complexity index is 732. The molecular formula is C30H52N2O8. The Morgan fingerprint density at radius 1 is 0.725 bits per heavy atom. The molecule has 40 heavy (non-hydrogen) atoms. The van der Waals surface area contributed by atoms with Crippen LogP contribution in [0.3, 0.4) is 0 Å². The first-order valence-corrected chi connectivity index (χ1v) is 15.3. The van der Waals surface area contributed by atoms with Crippen molar-refractivity contribution in [1.82, 2.24) is 10.6 Å². The molecule has 0 saturated heterocycles. The van der Waals surface area contributed by atoms with Crippen molar-refractivity contribution < 1.29 is 38.6 Å². The molecule has 0 radical (unpaired) electrons. The maximum Gasteiger partial charge on any atom is 0.303 e. The lowest BCUT2D eigenvalue weighted by Crippen LogP contribution is -2.40. The van der Waals surface area contributed by atoms with Crippen molar-refractivity contribution >= 4 is 30.4 Å². The van der Waals surface area contributed by atoms with Crippen LogP contribution in [-0.4, -0.2) is 74.0 Å². The van der Waals surface area contributed by atoms with Crippen LogP contribution in [0.5, 0.6) is 0 Å². The molecule has 1 fully saturated rings. The van der Waals surface area contributed by atoms with E-state index >= 15 is 0 Å². The second-order valence-corrected chi connectivity index (χ2v) is 10.9. The second kappa shape index (κ2) is 23.4. The van der Waals surface area contributed by atoms with Gasteiger partial charge in [-0.2, -0.15) is 0 Å². The van der Waals surface area contributed by atoms with E-state index in [9.17, 15) is 24.0 Å². The van der Waals surface area contributed by atoms with Gasteiger partial charge in [-0.15, -0.1) is 0 Å². The quantitative estimate of drug-likeness (QED) is 0.0901. The van der Waals surface area contributed by atoms with Crippen LogP contribution in [0.15, 0.2) is 0 Å². The molecule has 1 rings (SSSR count). The van der Waals surface area contributed by atoms with Crippen molar-refractivity contribution in [2.24, 2.45) is 5.92 Å². The average molecular weight is 569 g/mol. The fraction of sp³-hybridized carbons (Fsp3) is 0.833. The van der Waals surface area contributed by atoms with Gasteiger partial charge in [0, 0.05) is 31.7 Å². The molecule has 0 aromatic heterocycles. The minimum absolute atomic E-state index is 0.0421. The van der Waals surface area contributed by atoms with E-state index in [0.29, 0.717) is 51.9 Å². The Balaban J connectivity index is 1.94. The number of nitrogens with one attached hydrogen (secondary N) is 2. The zero-order valence-corrected chi connectivity index (χ0v) is 24.3. The lowest BCUT2D eigenvalue weighted by Gasteiger charge is -2.13. The molecule has 0 spiro atoms. The van der Waals surface area contributed by atoms with Crippen molar-refractivity contribution in [3.8, 4) is 0 Å². The minimum atomic E-state index is -0.902. The third-order valence-electron chi connectivity index (χ3n) is 7.34. The molecule has 1 aliphatic rings. The molecule has 1 saturated carbocycles. The average Bonchev–Trinajstić information content (AvgIpc) is 3.60. The summed E-state index contributed by atoms with van der Waals surface area (Å²) < 4.78 is 10.3. The number of rotatable bonds is 29. The first kappa shape index (κ1) is 35.7. The monoisotopic (exact) mass is 568 g/mol. The number of amides is 2. The third kappa shape index (κ3) is 18.9. The van der Waals surface area contributed by atoms with Crippen LogP contribution in [0.25, 0.3) is 0 Å². The van der Waals surface area contributed by atoms with E-state index in [0.717, 1.165) is 44.8 Å². The molecule has 0 aliphatic heterocycles. The molecule has 230 valence electrons. The van der Waals surface area contributed by atoms with E-state index in [1.165, 1.54) is 51.4 Å². The van der Waals surface area contributed by atoms with Gasteiger partial charge < -0.3 is 34.8 Å². The van der Waals surface area contributed by atoms with E-state index in [-0.39, 0.29) is 30.8 Å². The van der Waals surface area contributed by atoms with Crippen molar-refractivity contribution in [1.29, 1.82) is 0 Å². The Morgan fingerprint density at radius 3 is 1.77 bits per heavy atom. The third-order valence-corrected chi connectivity index (χ3v) is 7.34. The highest BCUT2D eigenvalue weighted by molar-refractivity contribution is 5.86. The summed E-state index contributed by atoms with van der Waals surface area (Å²) >= 11 is 0. The Kier molecular flexibility index (Phi) is 20.9. The van der Waals surface area contributed by atoms with Crippen molar-refractivity contribution in [3.05, 3.63) is 0 Å². The molecule has 0 aromatic carbocycles. The number of carboxylic acids is 1. The lowest BCUT2D eigenvalue weighted by molar-refractivity contribution is -0.137. The summed E-state index contributed by atoms with van der Waals surface area (Å²) in [4.78, 5) is 56.7.